The summed E-state index contributed by atoms with van der Waals surface area (Å²) in [6, 6.07) is 8.78. The van der Waals surface area contributed by atoms with E-state index in [9.17, 15) is 4.79 Å². The van der Waals surface area contributed by atoms with Crippen LogP contribution in [0.4, 0.5) is 0 Å². The van der Waals surface area contributed by atoms with Gasteiger partial charge in [-0.15, -0.1) is 0 Å². The van der Waals surface area contributed by atoms with E-state index >= 15 is 0 Å². The third-order valence-corrected chi connectivity index (χ3v) is 5.45. The second-order valence-electron chi connectivity index (χ2n) is 9.50. The number of nitrogens with one attached hydrogen (secondary N) is 3. The minimum Gasteiger partial charge on any atom is -0.488 e. The first-order valence-electron chi connectivity index (χ1n) is 11.5. The summed E-state index contributed by atoms with van der Waals surface area (Å²) in [4.78, 5) is 17.3. The van der Waals surface area contributed by atoms with Crippen molar-refractivity contribution < 1.29 is 9.53 Å². The van der Waals surface area contributed by atoms with Crippen molar-refractivity contribution in [2.45, 2.75) is 90.4 Å². The van der Waals surface area contributed by atoms with Crippen molar-refractivity contribution in [2.24, 2.45) is 10.9 Å². The van der Waals surface area contributed by atoms with Crippen LogP contribution in [-0.4, -0.2) is 36.1 Å². The number of carbonyl (C=O) groups is 1. The number of benzene rings is 1. The fourth-order valence-electron chi connectivity index (χ4n) is 3.85. The molecule has 0 bridgehead atoms. The number of rotatable bonds is 7. The van der Waals surface area contributed by atoms with Crippen molar-refractivity contribution in [2.75, 3.05) is 6.54 Å². The molecular weight excluding hydrogens is 376 g/mol. The van der Waals surface area contributed by atoms with Gasteiger partial charge in [0, 0.05) is 30.1 Å². The van der Waals surface area contributed by atoms with Crippen molar-refractivity contribution in [3.05, 3.63) is 29.8 Å². The van der Waals surface area contributed by atoms with Crippen LogP contribution < -0.4 is 20.7 Å². The van der Waals surface area contributed by atoms with Gasteiger partial charge >= 0.3 is 0 Å². The molecule has 2 saturated carbocycles. The van der Waals surface area contributed by atoms with Gasteiger partial charge in [0.2, 0.25) is 5.91 Å². The van der Waals surface area contributed by atoms with Crippen LogP contribution in [0.5, 0.6) is 5.75 Å². The van der Waals surface area contributed by atoms with Crippen molar-refractivity contribution in [1.29, 1.82) is 0 Å². The van der Waals surface area contributed by atoms with Crippen molar-refractivity contribution >= 4 is 11.9 Å². The van der Waals surface area contributed by atoms with Crippen molar-refractivity contribution in [1.82, 2.24) is 16.0 Å². The van der Waals surface area contributed by atoms with Gasteiger partial charge in [0.1, 0.15) is 11.4 Å². The number of hydrogen-bond acceptors (Lipinski definition) is 3. The molecule has 3 rings (SSSR count). The first-order valence-corrected chi connectivity index (χ1v) is 11.5. The Balaban J connectivity index is 1.61. The standard InChI is InChI=1S/C24H38N4O2/c1-5-25-23(26-16-18-9-6-7-12-21(18)30-24(2,3)4)28-20-11-8-10-17(15-20)22(29)27-19-13-14-19/h6-7,9,12,17,19-20H,5,8,10-11,13-16H2,1-4H3,(H,27,29)(H2,25,26,28). The molecule has 2 fully saturated rings. The highest BCUT2D eigenvalue weighted by molar-refractivity contribution is 5.81. The van der Waals surface area contributed by atoms with Gasteiger partial charge in [-0.2, -0.15) is 0 Å². The molecule has 6 nitrogen and oxygen atoms in total. The van der Waals surface area contributed by atoms with Gasteiger partial charge in [0.25, 0.3) is 0 Å². The molecule has 0 spiro atoms. The summed E-state index contributed by atoms with van der Waals surface area (Å²) in [5, 5.41) is 10.1. The average Bonchev–Trinajstić information content (AvgIpc) is 3.50. The van der Waals surface area contributed by atoms with E-state index in [1.54, 1.807) is 0 Å². The van der Waals surface area contributed by atoms with Crippen LogP contribution in [0.1, 0.15) is 71.8 Å². The lowest BCUT2D eigenvalue weighted by Crippen LogP contribution is -2.47. The molecule has 0 saturated heterocycles. The molecule has 1 aromatic carbocycles. The zero-order valence-corrected chi connectivity index (χ0v) is 19.0. The Morgan fingerprint density at radius 3 is 2.57 bits per heavy atom. The van der Waals surface area contributed by atoms with E-state index in [-0.39, 0.29) is 23.5 Å². The maximum absolute atomic E-state index is 12.5. The van der Waals surface area contributed by atoms with Gasteiger partial charge in [-0.25, -0.2) is 4.99 Å². The van der Waals surface area contributed by atoms with E-state index < -0.39 is 0 Å². The molecule has 0 aromatic heterocycles. The van der Waals surface area contributed by atoms with Gasteiger partial charge in [-0.05, 0) is 65.9 Å². The van der Waals surface area contributed by atoms with Gasteiger partial charge in [0.15, 0.2) is 5.96 Å². The number of para-hydroxylation sites is 1. The third-order valence-electron chi connectivity index (χ3n) is 5.45. The number of nitrogens with zero attached hydrogens (tertiary/aromatic N) is 1. The minimum atomic E-state index is -0.249. The van der Waals surface area contributed by atoms with Crippen LogP contribution in [0, 0.1) is 5.92 Å². The SMILES string of the molecule is CCNC(=NCc1ccccc1OC(C)(C)C)NC1CCCC(C(=O)NC2CC2)C1. The summed E-state index contributed by atoms with van der Waals surface area (Å²) in [5.41, 5.74) is 0.815. The second kappa shape index (κ2) is 10.2. The fraction of sp³-hybridized carbons (Fsp3) is 0.667. The van der Waals surface area contributed by atoms with Crippen LogP contribution in [0.2, 0.25) is 0 Å². The molecule has 2 atom stereocenters. The van der Waals surface area contributed by atoms with E-state index in [4.69, 9.17) is 9.73 Å². The number of guanidine groups is 1. The molecule has 0 radical (unpaired) electrons. The Morgan fingerprint density at radius 2 is 1.87 bits per heavy atom. The molecule has 2 aliphatic carbocycles. The zero-order chi connectivity index (χ0) is 21.6. The summed E-state index contributed by atoms with van der Waals surface area (Å²) < 4.78 is 6.10. The Bertz CT molecular complexity index is 737. The van der Waals surface area contributed by atoms with E-state index in [1.165, 1.54) is 0 Å². The lowest BCUT2D eigenvalue weighted by molar-refractivity contribution is -0.126. The summed E-state index contributed by atoms with van der Waals surface area (Å²) in [6.45, 7) is 9.57. The maximum atomic E-state index is 12.5. The van der Waals surface area contributed by atoms with Crippen molar-refractivity contribution in [3.63, 3.8) is 0 Å². The largest absolute Gasteiger partial charge is 0.488 e. The lowest BCUT2D eigenvalue weighted by atomic mass is 9.85. The van der Waals surface area contributed by atoms with E-state index in [0.717, 1.165) is 62.3 Å². The van der Waals surface area contributed by atoms with E-state index in [1.807, 2.05) is 18.2 Å². The molecule has 0 aliphatic heterocycles. The van der Waals surface area contributed by atoms with Crippen LogP contribution in [0.3, 0.4) is 0 Å². The van der Waals surface area contributed by atoms with Gasteiger partial charge in [-0.3, -0.25) is 4.79 Å². The monoisotopic (exact) mass is 414 g/mol. The van der Waals surface area contributed by atoms with Gasteiger partial charge < -0.3 is 20.7 Å². The van der Waals surface area contributed by atoms with Gasteiger partial charge in [-0.1, -0.05) is 24.6 Å². The van der Waals surface area contributed by atoms with Crippen LogP contribution >= 0.6 is 0 Å². The molecule has 2 aliphatic rings. The van der Waals surface area contributed by atoms with Crippen LogP contribution in [-0.2, 0) is 11.3 Å². The molecule has 1 amide bonds. The smallest absolute Gasteiger partial charge is 0.223 e. The van der Waals surface area contributed by atoms with Crippen LogP contribution in [0.15, 0.2) is 29.3 Å². The quantitative estimate of drug-likeness (QED) is 0.469. The highest BCUT2D eigenvalue weighted by Gasteiger charge is 2.31. The third kappa shape index (κ3) is 7.22. The predicted octanol–water partition coefficient (Wildman–Crippen LogP) is 3.76. The molecule has 166 valence electrons. The topological polar surface area (TPSA) is 74.8 Å². The predicted molar refractivity (Wildman–Crippen MR) is 122 cm³/mol. The number of amides is 1. The summed E-state index contributed by atoms with van der Waals surface area (Å²) >= 11 is 0. The maximum Gasteiger partial charge on any atom is 0.223 e. The van der Waals surface area contributed by atoms with Crippen molar-refractivity contribution in [3.8, 4) is 5.75 Å². The molecule has 2 unspecified atom stereocenters. The first-order chi connectivity index (χ1) is 14.3. The average molecular weight is 415 g/mol. The minimum absolute atomic E-state index is 0.112. The fourth-order valence-corrected chi connectivity index (χ4v) is 3.85. The molecule has 3 N–H and O–H groups in total. The first kappa shape index (κ1) is 22.4. The molecule has 30 heavy (non-hydrogen) atoms. The Kier molecular flexibility index (Phi) is 7.62. The molecule has 0 heterocycles. The van der Waals surface area contributed by atoms with Gasteiger partial charge in [0.05, 0.1) is 6.54 Å². The Morgan fingerprint density at radius 1 is 1.10 bits per heavy atom. The molecular formula is C24H38N4O2. The van der Waals surface area contributed by atoms with E-state index in [2.05, 4.69) is 49.7 Å². The summed E-state index contributed by atoms with van der Waals surface area (Å²) in [5.74, 6) is 2.02. The molecule has 6 heteroatoms. The number of ether oxygens (including phenoxy) is 1. The summed E-state index contributed by atoms with van der Waals surface area (Å²) in [7, 11) is 0. The summed E-state index contributed by atoms with van der Waals surface area (Å²) in [6.07, 6.45) is 6.27. The van der Waals surface area contributed by atoms with E-state index in [0.29, 0.717) is 12.6 Å². The lowest BCUT2D eigenvalue weighted by Gasteiger charge is -2.30. The number of aliphatic imine (C=N–C) groups is 1. The zero-order valence-electron chi connectivity index (χ0n) is 19.0. The van der Waals surface area contributed by atoms with Crippen LogP contribution in [0.25, 0.3) is 0 Å². The normalized spacial score (nSPS) is 22.3. The number of hydrogen-bond donors (Lipinski definition) is 3. The molecule has 1 aromatic rings. The Hall–Kier alpha value is -2.24. The second-order valence-corrected chi connectivity index (χ2v) is 9.50. The Labute approximate surface area is 181 Å². The highest BCUT2D eigenvalue weighted by atomic mass is 16.5. The number of carbonyl (C=O) groups excluding carboxylic acids is 1. The highest BCUT2D eigenvalue weighted by Crippen LogP contribution is 2.27.